The summed E-state index contributed by atoms with van der Waals surface area (Å²) in [6.45, 7) is 2.32. The van der Waals surface area contributed by atoms with Crippen LogP contribution in [0.15, 0.2) is 12.4 Å². The average Bonchev–Trinajstić information content (AvgIpc) is 2.75. The Balaban J connectivity index is 1.88. The predicted molar refractivity (Wildman–Crippen MR) is 69.2 cm³/mol. The Bertz CT molecular complexity index is 403. The predicted octanol–water partition coefficient (Wildman–Crippen LogP) is 1.95. The van der Waals surface area contributed by atoms with E-state index in [1.165, 1.54) is 0 Å². The summed E-state index contributed by atoms with van der Waals surface area (Å²) in [4.78, 5) is 11.7. The van der Waals surface area contributed by atoms with Crippen LogP contribution in [0.5, 0.6) is 0 Å². The molecule has 0 aromatic carbocycles. The number of ether oxygens (including phenoxy) is 1. The summed E-state index contributed by atoms with van der Waals surface area (Å²) in [5.74, 6) is 0.00283. The lowest BCUT2D eigenvalue weighted by molar-refractivity contribution is -0.149. The zero-order valence-electron chi connectivity index (χ0n) is 11.1. The number of carbonyl (C=O) groups excluding carboxylic acids is 1. The monoisotopic (exact) mass is 251 g/mol. The summed E-state index contributed by atoms with van der Waals surface area (Å²) in [7, 11) is 1.90. The standard InChI is InChI=1S/C13H21N3O2/c1-3-18-13(17)10-5-4-6-11(7-10)15-12-8-14-16(2)9-12/h8-11,15H,3-7H2,1-2H3. The van der Waals surface area contributed by atoms with Crippen molar-refractivity contribution in [2.24, 2.45) is 13.0 Å². The third-order valence-electron chi connectivity index (χ3n) is 3.37. The number of anilines is 1. The lowest BCUT2D eigenvalue weighted by Gasteiger charge is -2.28. The third-order valence-corrected chi connectivity index (χ3v) is 3.37. The van der Waals surface area contributed by atoms with Crippen molar-refractivity contribution in [1.29, 1.82) is 0 Å². The molecule has 0 bridgehead atoms. The topological polar surface area (TPSA) is 56.1 Å². The van der Waals surface area contributed by atoms with Gasteiger partial charge in [-0.15, -0.1) is 0 Å². The van der Waals surface area contributed by atoms with Crippen molar-refractivity contribution in [2.45, 2.75) is 38.6 Å². The third kappa shape index (κ3) is 3.24. The zero-order chi connectivity index (χ0) is 13.0. The minimum Gasteiger partial charge on any atom is -0.466 e. The summed E-state index contributed by atoms with van der Waals surface area (Å²) in [6, 6.07) is 0.345. The highest BCUT2D eigenvalue weighted by atomic mass is 16.5. The first-order valence-electron chi connectivity index (χ1n) is 6.61. The number of hydrogen-bond donors (Lipinski definition) is 1. The minimum atomic E-state index is -0.0461. The Morgan fingerprint density at radius 1 is 1.61 bits per heavy atom. The largest absolute Gasteiger partial charge is 0.466 e. The maximum atomic E-state index is 11.7. The van der Waals surface area contributed by atoms with E-state index >= 15 is 0 Å². The van der Waals surface area contributed by atoms with Gasteiger partial charge in [-0.2, -0.15) is 5.10 Å². The fraction of sp³-hybridized carbons (Fsp3) is 0.692. The highest BCUT2D eigenvalue weighted by molar-refractivity contribution is 5.72. The molecule has 1 fully saturated rings. The molecule has 1 aromatic heterocycles. The number of nitrogens with zero attached hydrogens (tertiary/aromatic N) is 2. The van der Waals surface area contributed by atoms with Gasteiger partial charge in [-0.3, -0.25) is 9.48 Å². The van der Waals surface area contributed by atoms with Gasteiger partial charge in [0.1, 0.15) is 0 Å². The molecule has 1 aliphatic rings. The van der Waals surface area contributed by atoms with Gasteiger partial charge in [-0.1, -0.05) is 6.42 Å². The van der Waals surface area contributed by atoms with Crippen molar-refractivity contribution in [3.05, 3.63) is 12.4 Å². The van der Waals surface area contributed by atoms with Gasteiger partial charge in [0.15, 0.2) is 0 Å². The molecule has 0 radical (unpaired) electrons. The molecule has 1 N–H and O–H groups in total. The molecule has 1 aliphatic carbocycles. The molecule has 0 spiro atoms. The second-order valence-corrected chi connectivity index (χ2v) is 4.86. The van der Waals surface area contributed by atoms with Gasteiger partial charge in [-0.25, -0.2) is 0 Å². The molecular formula is C13H21N3O2. The van der Waals surface area contributed by atoms with Crippen LogP contribution in [-0.4, -0.2) is 28.4 Å². The molecule has 5 heteroatoms. The molecule has 2 unspecified atom stereocenters. The number of aromatic nitrogens is 2. The molecule has 2 atom stereocenters. The van der Waals surface area contributed by atoms with Gasteiger partial charge in [0, 0.05) is 19.3 Å². The Kier molecular flexibility index (Phi) is 4.23. The molecule has 0 saturated heterocycles. The van der Waals surface area contributed by atoms with Crippen LogP contribution >= 0.6 is 0 Å². The van der Waals surface area contributed by atoms with E-state index in [0.29, 0.717) is 12.6 Å². The molecule has 1 saturated carbocycles. The van der Waals surface area contributed by atoms with E-state index in [-0.39, 0.29) is 11.9 Å². The number of hydrogen-bond acceptors (Lipinski definition) is 4. The summed E-state index contributed by atoms with van der Waals surface area (Å²) in [5, 5.41) is 7.57. The fourth-order valence-electron chi connectivity index (χ4n) is 2.53. The van der Waals surface area contributed by atoms with Gasteiger partial charge < -0.3 is 10.1 Å². The lowest BCUT2D eigenvalue weighted by Crippen LogP contribution is -2.31. The molecule has 0 aliphatic heterocycles. The Morgan fingerprint density at radius 2 is 2.44 bits per heavy atom. The number of rotatable bonds is 4. The van der Waals surface area contributed by atoms with E-state index in [1.807, 2.05) is 26.4 Å². The molecule has 100 valence electrons. The number of aryl methyl sites for hydroxylation is 1. The van der Waals surface area contributed by atoms with E-state index in [1.54, 1.807) is 4.68 Å². The minimum absolute atomic E-state index is 0.0461. The highest BCUT2D eigenvalue weighted by Gasteiger charge is 2.28. The van der Waals surface area contributed by atoms with Gasteiger partial charge in [0.05, 0.1) is 24.4 Å². The second-order valence-electron chi connectivity index (χ2n) is 4.86. The molecular weight excluding hydrogens is 230 g/mol. The number of carbonyl (C=O) groups is 1. The highest BCUT2D eigenvalue weighted by Crippen LogP contribution is 2.27. The second kappa shape index (κ2) is 5.89. The summed E-state index contributed by atoms with van der Waals surface area (Å²) < 4.78 is 6.87. The number of esters is 1. The van der Waals surface area contributed by atoms with Crippen LogP contribution < -0.4 is 5.32 Å². The van der Waals surface area contributed by atoms with Crippen molar-refractivity contribution in [3.63, 3.8) is 0 Å². The van der Waals surface area contributed by atoms with Crippen molar-refractivity contribution >= 4 is 11.7 Å². The molecule has 1 aromatic rings. The average molecular weight is 251 g/mol. The van der Waals surface area contributed by atoms with Crippen LogP contribution in [0.3, 0.4) is 0 Å². The molecule has 1 heterocycles. The SMILES string of the molecule is CCOC(=O)C1CCCC(Nc2cnn(C)c2)C1. The van der Waals surface area contributed by atoms with Crippen molar-refractivity contribution < 1.29 is 9.53 Å². The number of nitrogens with one attached hydrogen (secondary N) is 1. The van der Waals surface area contributed by atoms with Crippen LogP contribution in [0.4, 0.5) is 5.69 Å². The fourth-order valence-corrected chi connectivity index (χ4v) is 2.53. The van der Waals surface area contributed by atoms with Gasteiger partial charge in [0.2, 0.25) is 0 Å². The summed E-state index contributed by atoms with van der Waals surface area (Å²) in [6.07, 6.45) is 7.74. The van der Waals surface area contributed by atoms with E-state index in [2.05, 4.69) is 10.4 Å². The maximum absolute atomic E-state index is 11.7. The van der Waals surface area contributed by atoms with Crippen LogP contribution in [-0.2, 0) is 16.6 Å². The van der Waals surface area contributed by atoms with Crippen molar-refractivity contribution in [3.8, 4) is 0 Å². The Hall–Kier alpha value is -1.52. The Morgan fingerprint density at radius 3 is 3.11 bits per heavy atom. The van der Waals surface area contributed by atoms with Crippen LogP contribution in [0.25, 0.3) is 0 Å². The van der Waals surface area contributed by atoms with Crippen molar-refractivity contribution in [1.82, 2.24) is 9.78 Å². The van der Waals surface area contributed by atoms with E-state index in [0.717, 1.165) is 31.4 Å². The van der Waals surface area contributed by atoms with Crippen LogP contribution in [0.1, 0.15) is 32.6 Å². The summed E-state index contributed by atoms with van der Waals surface area (Å²) >= 11 is 0. The van der Waals surface area contributed by atoms with Gasteiger partial charge >= 0.3 is 5.97 Å². The van der Waals surface area contributed by atoms with Gasteiger partial charge in [0.25, 0.3) is 0 Å². The van der Waals surface area contributed by atoms with E-state index in [9.17, 15) is 4.79 Å². The first-order valence-corrected chi connectivity index (χ1v) is 6.61. The molecule has 0 amide bonds. The van der Waals surface area contributed by atoms with E-state index in [4.69, 9.17) is 4.74 Å². The lowest BCUT2D eigenvalue weighted by atomic mass is 9.85. The quantitative estimate of drug-likeness (QED) is 0.831. The van der Waals surface area contributed by atoms with Crippen LogP contribution in [0.2, 0.25) is 0 Å². The first-order chi connectivity index (χ1) is 8.69. The normalized spacial score (nSPS) is 23.7. The zero-order valence-corrected chi connectivity index (χ0v) is 11.1. The van der Waals surface area contributed by atoms with Crippen molar-refractivity contribution in [2.75, 3.05) is 11.9 Å². The molecule has 18 heavy (non-hydrogen) atoms. The maximum Gasteiger partial charge on any atom is 0.308 e. The van der Waals surface area contributed by atoms with Crippen LogP contribution in [0, 0.1) is 5.92 Å². The first kappa shape index (κ1) is 12.9. The van der Waals surface area contributed by atoms with Gasteiger partial charge in [-0.05, 0) is 26.2 Å². The van der Waals surface area contributed by atoms with E-state index < -0.39 is 0 Å². The Labute approximate surface area is 108 Å². The molecule has 2 rings (SSSR count). The smallest absolute Gasteiger partial charge is 0.308 e. The summed E-state index contributed by atoms with van der Waals surface area (Å²) in [5.41, 5.74) is 1.02. The molecule has 5 nitrogen and oxygen atoms in total.